The zero-order chi connectivity index (χ0) is 16.7. The van der Waals surface area contributed by atoms with Crippen molar-refractivity contribution in [3.8, 4) is 0 Å². The standard InChI is InChI=1S/C18H19N3O2S/c1-21-17(15-9-5-10-16(15)20-21)12-19-24(22,23)18-11-4-7-13-6-2-3-8-14(13)18/h2-4,6-8,11,19H,5,9-10,12H2,1H3. The molecule has 124 valence electrons. The van der Waals surface area contributed by atoms with Crippen molar-refractivity contribution < 1.29 is 8.42 Å². The fourth-order valence-electron chi connectivity index (χ4n) is 3.48. The quantitative estimate of drug-likeness (QED) is 0.793. The summed E-state index contributed by atoms with van der Waals surface area (Å²) in [6.45, 7) is 0.268. The highest BCUT2D eigenvalue weighted by molar-refractivity contribution is 7.89. The van der Waals surface area contributed by atoms with Gasteiger partial charge in [-0.25, -0.2) is 13.1 Å². The number of hydrogen-bond donors (Lipinski definition) is 1. The van der Waals surface area contributed by atoms with Gasteiger partial charge in [-0.15, -0.1) is 0 Å². The van der Waals surface area contributed by atoms with E-state index in [1.165, 1.54) is 5.56 Å². The molecule has 0 amide bonds. The van der Waals surface area contributed by atoms with Crippen molar-refractivity contribution >= 4 is 20.8 Å². The van der Waals surface area contributed by atoms with Crippen LogP contribution in [0, 0.1) is 0 Å². The van der Waals surface area contributed by atoms with Gasteiger partial charge >= 0.3 is 0 Å². The van der Waals surface area contributed by atoms with Gasteiger partial charge in [-0.3, -0.25) is 4.68 Å². The van der Waals surface area contributed by atoms with E-state index in [0.29, 0.717) is 4.90 Å². The van der Waals surface area contributed by atoms with Crippen LogP contribution < -0.4 is 4.72 Å². The maximum Gasteiger partial charge on any atom is 0.241 e. The molecule has 24 heavy (non-hydrogen) atoms. The number of aromatic nitrogens is 2. The van der Waals surface area contributed by atoms with Gasteiger partial charge in [-0.1, -0.05) is 36.4 Å². The van der Waals surface area contributed by atoms with Crippen molar-refractivity contribution in [2.45, 2.75) is 30.7 Å². The lowest BCUT2D eigenvalue weighted by Crippen LogP contribution is -2.25. The van der Waals surface area contributed by atoms with Gasteiger partial charge in [0.1, 0.15) is 0 Å². The molecule has 1 aliphatic rings. The molecule has 0 aliphatic heterocycles. The van der Waals surface area contributed by atoms with Crippen molar-refractivity contribution in [3.63, 3.8) is 0 Å². The van der Waals surface area contributed by atoms with Gasteiger partial charge in [0.25, 0.3) is 0 Å². The Labute approximate surface area is 141 Å². The van der Waals surface area contributed by atoms with Gasteiger partial charge in [0.15, 0.2) is 0 Å². The molecule has 3 aromatic rings. The number of rotatable bonds is 4. The zero-order valence-electron chi connectivity index (χ0n) is 13.5. The summed E-state index contributed by atoms with van der Waals surface area (Å²) < 4.78 is 30.2. The first-order valence-electron chi connectivity index (χ1n) is 8.07. The molecular formula is C18H19N3O2S. The van der Waals surface area contributed by atoms with Gasteiger partial charge in [0, 0.05) is 12.4 Å². The molecule has 1 aliphatic carbocycles. The number of sulfonamides is 1. The Morgan fingerprint density at radius 3 is 2.79 bits per heavy atom. The third-order valence-corrected chi connectivity index (χ3v) is 6.13. The van der Waals surface area contributed by atoms with Gasteiger partial charge in [-0.2, -0.15) is 5.10 Å². The van der Waals surface area contributed by atoms with Crippen LogP contribution >= 0.6 is 0 Å². The summed E-state index contributed by atoms with van der Waals surface area (Å²) in [5.74, 6) is 0. The molecule has 0 saturated carbocycles. The lowest BCUT2D eigenvalue weighted by atomic mass is 10.1. The lowest BCUT2D eigenvalue weighted by molar-refractivity contribution is 0.577. The van der Waals surface area contributed by atoms with Crippen LogP contribution in [0.2, 0.25) is 0 Å². The molecule has 1 aromatic heterocycles. The smallest absolute Gasteiger partial charge is 0.241 e. The van der Waals surface area contributed by atoms with E-state index in [-0.39, 0.29) is 6.54 Å². The average Bonchev–Trinajstić information content (AvgIpc) is 3.13. The molecule has 0 bridgehead atoms. The first-order chi connectivity index (χ1) is 11.6. The maximum atomic E-state index is 12.8. The first kappa shape index (κ1) is 15.4. The normalized spacial score (nSPS) is 14.2. The van der Waals surface area contributed by atoms with Crippen molar-refractivity contribution in [2.75, 3.05) is 0 Å². The van der Waals surface area contributed by atoms with E-state index in [1.54, 1.807) is 16.8 Å². The monoisotopic (exact) mass is 341 g/mol. The molecule has 1 N–H and O–H groups in total. The number of aryl methyl sites for hydroxylation is 2. The second-order valence-corrected chi connectivity index (χ2v) is 7.89. The molecule has 2 aromatic carbocycles. The Hall–Kier alpha value is -2.18. The summed E-state index contributed by atoms with van der Waals surface area (Å²) >= 11 is 0. The van der Waals surface area contributed by atoms with E-state index in [2.05, 4.69) is 9.82 Å². The van der Waals surface area contributed by atoms with Crippen LogP contribution in [0.5, 0.6) is 0 Å². The zero-order valence-corrected chi connectivity index (χ0v) is 14.3. The molecule has 0 fully saturated rings. The first-order valence-corrected chi connectivity index (χ1v) is 9.55. The van der Waals surface area contributed by atoms with Gasteiger partial charge in [-0.05, 0) is 36.3 Å². The van der Waals surface area contributed by atoms with Crippen LogP contribution in [0.3, 0.4) is 0 Å². The molecule has 1 heterocycles. The van der Waals surface area contributed by atoms with Gasteiger partial charge < -0.3 is 0 Å². The van der Waals surface area contributed by atoms with E-state index in [1.807, 2.05) is 37.4 Å². The topological polar surface area (TPSA) is 64.0 Å². The summed E-state index contributed by atoms with van der Waals surface area (Å²) in [6, 6.07) is 12.9. The Kier molecular flexibility index (Phi) is 3.66. The number of nitrogens with zero attached hydrogens (tertiary/aromatic N) is 2. The Bertz CT molecular complexity index is 1020. The molecule has 4 rings (SSSR count). The highest BCUT2D eigenvalue weighted by atomic mass is 32.2. The van der Waals surface area contributed by atoms with Crippen LogP contribution in [0.4, 0.5) is 0 Å². The third kappa shape index (κ3) is 2.52. The molecule has 0 radical (unpaired) electrons. The summed E-state index contributed by atoms with van der Waals surface area (Å²) in [7, 11) is -1.71. The van der Waals surface area contributed by atoms with Crippen molar-refractivity contribution in [3.05, 3.63) is 59.4 Å². The summed E-state index contributed by atoms with van der Waals surface area (Å²) in [5, 5.41) is 6.15. The largest absolute Gasteiger partial charge is 0.271 e. The maximum absolute atomic E-state index is 12.8. The van der Waals surface area contributed by atoms with Crippen LogP contribution in [-0.2, 0) is 36.5 Å². The van der Waals surface area contributed by atoms with E-state index in [0.717, 1.165) is 41.4 Å². The van der Waals surface area contributed by atoms with Crippen LogP contribution in [0.25, 0.3) is 10.8 Å². The Balaban J connectivity index is 1.67. The fourth-order valence-corrected chi connectivity index (χ4v) is 4.69. The summed E-state index contributed by atoms with van der Waals surface area (Å²) in [5.41, 5.74) is 3.28. The predicted octanol–water partition coefficient (Wildman–Crippen LogP) is 2.54. The van der Waals surface area contributed by atoms with E-state index in [9.17, 15) is 8.42 Å². The summed E-state index contributed by atoms with van der Waals surface area (Å²) in [6.07, 6.45) is 3.06. The molecular weight excluding hydrogens is 322 g/mol. The van der Waals surface area contributed by atoms with E-state index >= 15 is 0 Å². The number of hydrogen-bond acceptors (Lipinski definition) is 3. The molecule has 6 heteroatoms. The minimum absolute atomic E-state index is 0.268. The predicted molar refractivity (Wildman–Crippen MR) is 93.2 cm³/mol. The Morgan fingerprint density at radius 1 is 1.12 bits per heavy atom. The molecule has 0 saturated heterocycles. The third-order valence-electron chi connectivity index (χ3n) is 4.67. The van der Waals surface area contributed by atoms with Crippen molar-refractivity contribution in [1.29, 1.82) is 0 Å². The molecule has 0 unspecified atom stereocenters. The molecule has 0 atom stereocenters. The van der Waals surface area contributed by atoms with Crippen molar-refractivity contribution in [2.24, 2.45) is 7.05 Å². The number of benzene rings is 2. The molecule has 0 spiro atoms. The average molecular weight is 341 g/mol. The van der Waals surface area contributed by atoms with Gasteiger partial charge in [0.05, 0.1) is 22.8 Å². The fraction of sp³-hybridized carbons (Fsp3) is 0.278. The van der Waals surface area contributed by atoms with Gasteiger partial charge in [0.2, 0.25) is 10.0 Å². The minimum Gasteiger partial charge on any atom is -0.271 e. The van der Waals surface area contributed by atoms with E-state index < -0.39 is 10.0 Å². The Morgan fingerprint density at radius 2 is 1.92 bits per heavy atom. The number of nitrogens with one attached hydrogen (secondary N) is 1. The lowest BCUT2D eigenvalue weighted by Gasteiger charge is -2.11. The van der Waals surface area contributed by atoms with E-state index in [4.69, 9.17) is 0 Å². The van der Waals surface area contributed by atoms with Crippen LogP contribution in [0.15, 0.2) is 47.4 Å². The van der Waals surface area contributed by atoms with Crippen LogP contribution in [-0.4, -0.2) is 18.2 Å². The highest BCUT2D eigenvalue weighted by Crippen LogP contribution is 2.26. The second-order valence-electron chi connectivity index (χ2n) is 6.15. The number of fused-ring (bicyclic) bond motifs is 2. The minimum atomic E-state index is -3.59. The second kappa shape index (κ2) is 5.72. The highest BCUT2D eigenvalue weighted by Gasteiger charge is 2.23. The van der Waals surface area contributed by atoms with Crippen LogP contribution in [0.1, 0.15) is 23.4 Å². The molecule has 5 nitrogen and oxygen atoms in total. The van der Waals surface area contributed by atoms with Crippen molar-refractivity contribution in [1.82, 2.24) is 14.5 Å². The summed E-state index contributed by atoms with van der Waals surface area (Å²) in [4.78, 5) is 0.319. The SMILES string of the molecule is Cn1nc2c(c1CNS(=O)(=O)c1cccc3ccccc13)CCC2.